The van der Waals surface area contributed by atoms with Crippen molar-refractivity contribution in [3.8, 4) is 5.75 Å². The summed E-state index contributed by atoms with van der Waals surface area (Å²) in [4.78, 5) is 14.4. The Bertz CT molecular complexity index is 462. The van der Waals surface area contributed by atoms with Crippen LogP contribution in [0, 0.1) is 0 Å². The molecule has 0 bridgehead atoms. The van der Waals surface area contributed by atoms with Gasteiger partial charge >= 0.3 is 0 Å². The van der Waals surface area contributed by atoms with Crippen LogP contribution in [0.4, 0.5) is 5.69 Å². The molecule has 0 saturated heterocycles. The fourth-order valence-electron chi connectivity index (χ4n) is 2.25. The number of para-hydroxylation sites is 2. The summed E-state index contributed by atoms with van der Waals surface area (Å²) < 4.78 is 10.9. The number of carbonyl (C=O) groups excluding carboxylic acids is 1. The molecule has 1 heterocycles. The van der Waals surface area contributed by atoms with Crippen molar-refractivity contribution in [2.45, 2.75) is 26.0 Å². The number of carbonyl (C=O) groups is 1. The first-order valence-corrected chi connectivity index (χ1v) is 6.92. The lowest BCUT2D eigenvalue weighted by molar-refractivity contribution is -0.140. The minimum atomic E-state index is -0.482. The smallest absolute Gasteiger partial charge is 0.265 e. The summed E-state index contributed by atoms with van der Waals surface area (Å²) >= 11 is 0. The predicted molar refractivity (Wildman–Crippen MR) is 78.1 cm³/mol. The average Bonchev–Trinajstić information content (AvgIpc) is 2.46. The Labute approximate surface area is 119 Å². The maximum atomic E-state index is 12.6. The highest BCUT2D eigenvalue weighted by atomic mass is 16.5. The lowest BCUT2D eigenvalue weighted by Crippen LogP contribution is -2.50. The van der Waals surface area contributed by atoms with Crippen molar-refractivity contribution >= 4 is 11.6 Å². The highest BCUT2D eigenvalue weighted by Gasteiger charge is 2.30. The number of nitrogens with one attached hydrogen (secondary N) is 1. The summed E-state index contributed by atoms with van der Waals surface area (Å²) in [6.45, 7) is 5.59. The molecular formula is C15H22N2O3. The Balaban J connectivity index is 2.06. The van der Waals surface area contributed by atoms with Gasteiger partial charge in [-0.25, -0.2) is 0 Å². The van der Waals surface area contributed by atoms with E-state index in [9.17, 15) is 4.79 Å². The Hall–Kier alpha value is -1.75. The van der Waals surface area contributed by atoms with Gasteiger partial charge in [0.1, 0.15) is 5.75 Å². The molecule has 0 aliphatic carbocycles. The number of nitrogens with zero attached hydrogens (tertiary/aromatic N) is 1. The average molecular weight is 278 g/mol. The van der Waals surface area contributed by atoms with Crippen LogP contribution >= 0.6 is 0 Å². The molecule has 1 atom stereocenters. The molecule has 1 amide bonds. The fraction of sp³-hybridized carbons (Fsp3) is 0.533. The van der Waals surface area contributed by atoms with Crippen molar-refractivity contribution in [3.63, 3.8) is 0 Å². The van der Waals surface area contributed by atoms with Gasteiger partial charge in [-0.1, -0.05) is 12.1 Å². The van der Waals surface area contributed by atoms with Gasteiger partial charge in [0.2, 0.25) is 0 Å². The van der Waals surface area contributed by atoms with Gasteiger partial charge in [0, 0.05) is 19.7 Å². The predicted octanol–water partition coefficient (Wildman–Crippen LogP) is 1.74. The molecule has 0 spiro atoms. The molecule has 0 fully saturated rings. The topological polar surface area (TPSA) is 50.8 Å². The van der Waals surface area contributed by atoms with E-state index in [1.165, 1.54) is 0 Å². The first-order valence-electron chi connectivity index (χ1n) is 6.92. The van der Waals surface area contributed by atoms with Crippen LogP contribution in [0.3, 0.4) is 0 Å². The Morgan fingerprint density at radius 1 is 1.50 bits per heavy atom. The molecule has 1 aromatic carbocycles. The zero-order valence-electron chi connectivity index (χ0n) is 12.3. The van der Waals surface area contributed by atoms with Gasteiger partial charge in [0.05, 0.1) is 18.8 Å². The molecule has 5 heteroatoms. The van der Waals surface area contributed by atoms with Gasteiger partial charge in [-0.2, -0.15) is 0 Å². The van der Waals surface area contributed by atoms with Crippen molar-refractivity contribution < 1.29 is 14.3 Å². The fourth-order valence-corrected chi connectivity index (χ4v) is 2.25. The second-order valence-electron chi connectivity index (χ2n) is 5.10. The molecule has 1 unspecified atom stereocenters. The number of hydrogen-bond acceptors (Lipinski definition) is 4. The highest BCUT2D eigenvalue weighted by Crippen LogP contribution is 2.28. The Morgan fingerprint density at radius 3 is 2.95 bits per heavy atom. The van der Waals surface area contributed by atoms with E-state index in [0.717, 1.165) is 11.4 Å². The summed E-state index contributed by atoms with van der Waals surface area (Å²) in [5, 5.41) is 3.24. The molecule has 5 nitrogen and oxygen atoms in total. The maximum Gasteiger partial charge on any atom is 0.265 e. The van der Waals surface area contributed by atoms with Crippen LogP contribution in [0.15, 0.2) is 24.3 Å². The number of ether oxygens (including phenoxy) is 2. The third-order valence-corrected chi connectivity index (χ3v) is 3.35. The number of fused-ring (bicyclic) bond motifs is 1. The standard InChI is InChI=1S/C15H22N2O3/c1-11(2)17(8-9-19-3)15(18)14-10-16-12-6-4-5-7-13(12)20-14/h4-7,11,14,16H,8-10H2,1-3H3. The number of methoxy groups -OCH3 is 1. The quantitative estimate of drug-likeness (QED) is 0.891. The minimum Gasteiger partial charge on any atom is -0.477 e. The van der Waals surface area contributed by atoms with E-state index in [-0.39, 0.29) is 11.9 Å². The summed E-state index contributed by atoms with van der Waals surface area (Å²) in [6.07, 6.45) is -0.482. The van der Waals surface area contributed by atoms with Crippen molar-refractivity contribution in [1.82, 2.24) is 4.90 Å². The lowest BCUT2D eigenvalue weighted by Gasteiger charge is -2.33. The third-order valence-electron chi connectivity index (χ3n) is 3.35. The normalized spacial score (nSPS) is 17.1. The van der Waals surface area contributed by atoms with E-state index in [2.05, 4.69) is 5.32 Å². The first kappa shape index (κ1) is 14.7. The van der Waals surface area contributed by atoms with E-state index in [0.29, 0.717) is 19.7 Å². The first-order chi connectivity index (χ1) is 9.63. The molecule has 0 saturated carbocycles. The molecule has 110 valence electrons. The number of hydrogen-bond donors (Lipinski definition) is 1. The van der Waals surface area contributed by atoms with E-state index in [1.54, 1.807) is 12.0 Å². The molecule has 0 aromatic heterocycles. The van der Waals surface area contributed by atoms with Crippen LogP contribution in [0.2, 0.25) is 0 Å². The molecular weight excluding hydrogens is 256 g/mol. The van der Waals surface area contributed by atoms with E-state index in [4.69, 9.17) is 9.47 Å². The zero-order chi connectivity index (χ0) is 14.5. The number of benzene rings is 1. The molecule has 0 radical (unpaired) electrons. The molecule has 1 N–H and O–H groups in total. The van der Waals surface area contributed by atoms with Crippen molar-refractivity contribution in [1.29, 1.82) is 0 Å². The van der Waals surface area contributed by atoms with Gasteiger partial charge < -0.3 is 19.7 Å². The van der Waals surface area contributed by atoms with Crippen LogP contribution in [0.1, 0.15) is 13.8 Å². The number of amides is 1. The van der Waals surface area contributed by atoms with E-state index in [1.807, 2.05) is 38.1 Å². The number of anilines is 1. The number of rotatable bonds is 5. The highest BCUT2D eigenvalue weighted by molar-refractivity contribution is 5.83. The molecule has 2 rings (SSSR count). The van der Waals surface area contributed by atoms with Gasteiger partial charge in [0.15, 0.2) is 6.10 Å². The van der Waals surface area contributed by atoms with Gasteiger partial charge in [-0.3, -0.25) is 4.79 Å². The second-order valence-corrected chi connectivity index (χ2v) is 5.10. The van der Waals surface area contributed by atoms with Crippen LogP contribution in [0.5, 0.6) is 5.75 Å². The SMILES string of the molecule is COCCN(C(=O)C1CNc2ccccc2O1)C(C)C. The van der Waals surface area contributed by atoms with Crippen molar-refractivity contribution in [2.75, 3.05) is 32.1 Å². The largest absolute Gasteiger partial charge is 0.477 e. The molecule has 20 heavy (non-hydrogen) atoms. The zero-order valence-corrected chi connectivity index (χ0v) is 12.3. The van der Waals surface area contributed by atoms with Crippen LogP contribution in [-0.4, -0.2) is 49.8 Å². The van der Waals surface area contributed by atoms with E-state index >= 15 is 0 Å². The monoisotopic (exact) mass is 278 g/mol. The minimum absolute atomic E-state index is 0.000877. The van der Waals surface area contributed by atoms with Crippen LogP contribution in [-0.2, 0) is 9.53 Å². The summed E-state index contributed by atoms with van der Waals surface area (Å²) in [7, 11) is 1.64. The van der Waals surface area contributed by atoms with Crippen LogP contribution < -0.4 is 10.1 Å². The molecule has 1 aromatic rings. The summed E-state index contributed by atoms with van der Waals surface area (Å²) in [6, 6.07) is 7.78. The van der Waals surface area contributed by atoms with Crippen LogP contribution in [0.25, 0.3) is 0 Å². The summed E-state index contributed by atoms with van der Waals surface area (Å²) in [5.74, 6) is 0.728. The molecule has 1 aliphatic rings. The lowest BCUT2D eigenvalue weighted by atomic mass is 10.2. The molecule has 1 aliphatic heterocycles. The summed E-state index contributed by atoms with van der Waals surface area (Å²) in [5.41, 5.74) is 0.935. The van der Waals surface area contributed by atoms with Crippen molar-refractivity contribution in [3.05, 3.63) is 24.3 Å². The third kappa shape index (κ3) is 3.22. The van der Waals surface area contributed by atoms with Crippen molar-refractivity contribution in [2.24, 2.45) is 0 Å². The Morgan fingerprint density at radius 2 is 2.25 bits per heavy atom. The second kappa shape index (κ2) is 6.61. The van der Waals surface area contributed by atoms with Gasteiger partial charge in [-0.15, -0.1) is 0 Å². The van der Waals surface area contributed by atoms with E-state index < -0.39 is 6.10 Å². The maximum absolute atomic E-state index is 12.6. The van der Waals surface area contributed by atoms with Gasteiger partial charge in [0.25, 0.3) is 5.91 Å². The Kier molecular flexibility index (Phi) is 4.84. The van der Waals surface area contributed by atoms with Gasteiger partial charge in [-0.05, 0) is 26.0 Å².